The molecule has 5 heteroatoms. The topological polar surface area (TPSA) is 34.1 Å². The highest BCUT2D eigenvalue weighted by Gasteiger charge is 2.18. The highest BCUT2D eigenvalue weighted by atomic mass is 35.5. The Morgan fingerprint density at radius 3 is 3.00 bits per heavy atom. The molecule has 1 aromatic heterocycles. The maximum absolute atomic E-state index is 6.04. The van der Waals surface area contributed by atoms with E-state index in [0.717, 1.165) is 18.7 Å². The quantitative estimate of drug-likeness (QED) is 0.754. The number of rotatable bonds is 1. The van der Waals surface area contributed by atoms with Gasteiger partial charge in [0.05, 0.1) is 24.3 Å². The maximum Gasteiger partial charge on any atom is 0.130 e. The molecule has 1 unspecified atom stereocenters. The van der Waals surface area contributed by atoms with Crippen LogP contribution in [0, 0.1) is 0 Å². The highest BCUT2D eigenvalue weighted by molar-refractivity contribution is 6.34. The molecule has 1 N–H and O–H groups in total. The first-order chi connectivity index (χ1) is 6.77. The van der Waals surface area contributed by atoms with E-state index in [0.29, 0.717) is 16.8 Å². The lowest BCUT2D eigenvalue weighted by Crippen LogP contribution is -2.34. The lowest BCUT2D eigenvalue weighted by molar-refractivity contribution is 0.0768. The Morgan fingerprint density at radius 1 is 1.50 bits per heavy atom. The molecule has 1 aromatic rings. The average molecular weight is 233 g/mol. The molecule has 1 fully saturated rings. The summed E-state index contributed by atoms with van der Waals surface area (Å²) in [6.45, 7) is 2.21. The Hall–Kier alpha value is -0.350. The lowest BCUT2D eigenvalue weighted by Gasteiger charge is -2.24. The first-order valence-corrected chi connectivity index (χ1v) is 5.15. The van der Waals surface area contributed by atoms with Crippen molar-refractivity contribution in [3.63, 3.8) is 0 Å². The number of hydrogen-bond donors (Lipinski definition) is 1. The van der Waals surface area contributed by atoms with Crippen LogP contribution in [0.4, 0.5) is 0 Å². The molecule has 2 rings (SSSR count). The van der Waals surface area contributed by atoms with Gasteiger partial charge in [0.15, 0.2) is 0 Å². The molecule has 0 spiro atoms. The SMILES string of the molecule is Clc1cc(Cl)c(C2COCCN2)cn1. The summed E-state index contributed by atoms with van der Waals surface area (Å²) in [5.41, 5.74) is 0.941. The van der Waals surface area contributed by atoms with Crippen LogP contribution in [0.1, 0.15) is 11.6 Å². The summed E-state index contributed by atoms with van der Waals surface area (Å²) in [4.78, 5) is 4.00. The number of morpholine rings is 1. The molecule has 0 saturated carbocycles. The van der Waals surface area contributed by atoms with Gasteiger partial charge in [-0.1, -0.05) is 23.2 Å². The summed E-state index contributed by atoms with van der Waals surface area (Å²) in [7, 11) is 0. The average Bonchev–Trinajstić information content (AvgIpc) is 2.19. The van der Waals surface area contributed by atoms with Crippen LogP contribution in [-0.4, -0.2) is 24.7 Å². The highest BCUT2D eigenvalue weighted by Crippen LogP contribution is 2.25. The van der Waals surface area contributed by atoms with Crippen molar-refractivity contribution >= 4 is 23.2 Å². The van der Waals surface area contributed by atoms with E-state index in [4.69, 9.17) is 27.9 Å². The van der Waals surface area contributed by atoms with Crippen LogP contribution < -0.4 is 5.32 Å². The van der Waals surface area contributed by atoms with E-state index in [9.17, 15) is 0 Å². The fourth-order valence-corrected chi connectivity index (χ4v) is 1.94. The van der Waals surface area contributed by atoms with Gasteiger partial charge in [0.1, 0.15) is 5.15 Å². The summed E-state index contributed by atoms with van der Waals surface area (Å²) in [6.07, 6.45) is 1.69. The largest absolute Gasteiger partial charge is 0.378 e. The van der Waals surface area contributed by atoms with E-state index in [1.165, 1.54) is 0 Å². The Morgan fingerprint density at radius 2 is 2.36 bits per heavy atom. The third kappa shape index (κ3) is 2.17. The van der Waals surface area contributed by atoms with Crippen LogP contribution in [0.5, 0.6) is 0 Å². The van der Waals surface area contributed by atoms with Gasteiger partial charge in [-0.3, -0.25) is 0 Å². The molecule has 2 heterocycles. The van der Waals surface area contributed by atoms with Gasteiger partial charge >= 0.3 is 0 Å². The van der Waals surface area contributed by atoms with Crippen LogP contribution in [-0.2, 0) is 4.74 Å². The minimum Gasteiger partial charge on any atom is -0.378 e. The third-order valence-electron chi connectivity index (χ3n) is 2.15. The van der Waals surface area contributed by atoms with Crippen LogP contribution >= 0.6 is 23.2 Å². The Kier molecular flexibility index (Phi) is 3.23. The summed E-state index contributed by atoms with van der Waals surface area (Å²) in [5, 5.41) is 4.35. The van der Waals surface area contributed by atoms with Crippen LogP contribution in [0.2, 0.25) is 10.2 Å². The van der Waals surface area contributed by atoms with Crippen LogP contribution in [0.25, 0.3) is 0 Å². The van der Waals surface area contributed by atoms with E-state index < -0.39 is 0 Å². The number of nitrogens with one attached hydrogen (secondary N) is 1. The predicted molar refractivity (Wildman–Crippen MR) is 55.8 cm³/mol. The minimum atomic E-state index is 0.126. The van der Waals surface area contributed by atoms with Crippen molar-refractivity contribution in [2.24, 2.45) is 0 Å². The molecule has 0 aromatic carbocycles. The number of hydrogen-bond acceptors (Lipinski definition) is 3. The van der Waals surface area contributed by atoms with Crippen molar-refractivity contribution in [1.29, 1.82) is 0 Å². The van der Waals surface area contributed by atoms with Crippen molar-refractivity contribution < 1.29 is 4.74 Å². The molecule has 1 saturated heterocycles. The smallest absolute Gasteiger partial charge is 0.130 e. The van der Waals surface area contributed by atoms with Gasteiger partial charge < -0.3 is 10.1 Å². The minimum absolute atomic E-state index is 0.126. The molecule has 0 amide bonds. The summed E-state index contributed by atoms with van der Waals surface area (Å²) in [5.74, 6) is 0. The van der Waals surface area contributed by atoms with E-state index >= 15 is 0 Å². The number of halogens is 2. The van der Waals surface area contributed by atoms with Crippen molar-refractivity contribution in [3.05, 3.63) is 28.0 Å². The van der Waals surface area contributed by atoms with Crippen molar-refractivity contribution in [2.75, 3.05) is 19.8 Å². The van der Waals surface area contributed by atoms with E-state index in [-0.39, 0.29) is 6.04 Å². The predicted octanol–water partition coefficient (Wildman–Crippen LogP) is 2.05. The number of aromatic nitrogens is 1. The second-order valence-corrected chi connectivity index (χ2v) is 3.90. The van der Waals surface area contributed by atoms with Crippen molar-refractivity contribution in [2.45, 2.75) is 6.04 Å². The van der Waals surface area contributed by atoms with Gasteiger partial charge in [-0.05, 0) is 6.07 Å². The molecular formula is C9H10Cl2N2O. The van der Waals surface area contributed by atoms with Crippen molar-refractivity contribution in [1.82, 2.24) is 10.3 Å². The normalized spacial score (nSPS) is 22.3. The van der Waals surface area contributed by atoms with Gasteiger partial charge in [-0.2, -0.15) is 0 Å². The molecule has 0 radical (unpaired) electrons. The summed E-state index contributed by atoms with van der Waals surface area (Å²) >= 11 is 11.8. The molecule has 76 valence electrons. The Labute approximate surface area is 92.4 Å². The fourth-order valence-electron chi connectivity index (χ4n) is 1.44. The number of nitrogens with zero attached hydrogens (tertiary/aromatic N) is 1. The molecule has 1 aliphatic heterocycles. The summed E-state index contributed by atoms with van der Waals surface area (Å²) < 4.78 is 5.34. The molecular weight excluding hydrogens is 223 g/mol. The van der Waals surface area contributed by atoms with Gasteiger partial charge in [-0.15, -0.1) is 0 Å². The van der Waals surface area contributed by atoms with Gasteiger partial charge in [-0.25, -0.2) is 4.98 Å². The van der Waals surface area contributed by atoms with Crippen LogP contribution in [0.3, 0.4) is 0 Å². The van der Waals surface area contributed by atoms with Gasteiger partial charge in [0.25, 0.3) is 0 Å². The second kappa shape index (κ2) is 4.45. The molecule has 3 nitrogen and oxygen atoms in total. The molecule has 1 aliphatic rings. The molecule has 14 heavy (non-hydrogen) atoms. The molecule has 0 aliphatic carbocycles. The van der Waals surface area contributed by atoms with E-state index in [1.807, 2.05) is 0 Å². The zero-order valence-corrected chi connectivity index (χ0v) is 8.98. The molecule has 0 bridgehead atoms. The zero-order chi connectivity index (χ0) is 9.97. The zero-order valence-electron chi connectivity index (χ0n) is 7.46. The number of ether oxygens (including phenoxy) is 1. The van der Waals surface area contributed by atoms with E-state index in [1.54, 1.807) is 12.3 Å². The summed E-state index contributed by atoms with van der Waals surface area (Å²) in [6, 6.07) is 1.77. The van der Waals surface area contributed by atoms with Crippen molar-refractivity contribution in [3.8, 4) is 0 Å². The number of pyridine rings is 1. The van der Waals surface area contributed by atoms with Crippen LogP contribution in [0.15, 0.2) is 12.3 Å². The Balaban J connectivity index is 2.22. The standard InChI is InChI=1S/C9H10Cl2N2O/c10-7-3-9(11)13-4-6(7)8-5-14-2-1-12-8/h3-4,8,12H,1-2,5H2. The van der Waals surface area contributed by atoms with Gasteiger partial charge in [0, 0.05) is 18.3 Å². The first kappa shape index (κ1) is 10.2. The molecule has 1 atom stereocenters. The fraction of sp³-hybridized carbons (Fsp3) is 0.444. The lowest BCUT2D eigenvalue weighted by atomic mass is 10.1. The maximum atomic E-state index is 6.04. The Bertz CT molecular complexity index is 327. The van der Waals surface area contributed by atoms with E-state index in [2.05, 4.69) is 10.3 Å². The third-order valence-corrected chi connectivity index (χ3v) is 2.68. The monoisotopic (exact) mass is 232 g/mol. The second-order valence-electron chi connectivity index (χ2n) is 3.11. The first-order valence-electron chi connectivity index (χ1n) is 4.39. The van der Waals surface area contributed by atoms with Gasteiger partial charge in [0.2, 0.25) is 0 Å².